The Morgan fingerprint density at radius 3 is 2.53 bits per heavy atom. The van der Waals surface area contributed by atoms with Crippen molar-refractivity contribution in [3.8, 4) is 17.2 Å². The molecule has 0 saturated heterocycles. The van der Waals surface area contributed by atoms with Gasteiger partial charge in [0, 0.05) is 29.5 Å². The van der Waals surface area contributed by atoms with Gasteiger partial charge in [0.25, 0.3) is 5.91 Å². The molecule has 10 heteroatoms. The molecule has 2 aromatic carbocycles. The first kappa shape index (κ1) is 22.8. The van der Waals surface area contributed by atoms with Crippen molar-refractivity contribution in [3.05, 3.63) is 45.2 Å². The van der Waals surface area contributed by atoms with Crippen molar-refractivity contribution in [1.82, 2.24) is 4.57 Å². The summed E-state index contributed by atoms with van der Waals surface area (Å²) in [6.45, 7) is 0.470. The summed E-state index contributed by atoms with van der Waals surface area (Å²) in [5.41, 5.74) is 0.930. The van der Waals surface area contributed by atoms with Crippen LogP contribution in [0.5, 0.6) is 17.2 Å². The summed E-state index contributed by atoms with van der Waals surface area (Å²) in [5.74, 6) is 2.09. The Morgan fingerprint density at radius 1 is 1.13 bits per heavy atom. The van der Waals surface area contributed by atoms with Crippen LogP contribution in [0, 0.1) is 0 Å². The van der Waals surface area contributed by atoms with E-state index in [9.17, 15) is 4.79 Å². The fraction of sp³-hybridized carbons (Fsp3) is 0.300. The Hall–Kier alpha value is -1.87. The number of hydrogen-bond acceptors (Lipinski definition) is 6. The van der Waals surface area contributed by atoms with Gasteiger partial charge >= 0.3 is 0 Å². The number of rotatable bonds is 8. The van der Waals surface area contributed by atoms with Crippen molar-refractivity contribution < 1.29 is 19.0 Å². The van der Waals surface area contributed by atoms with E-state index in [1.165, 1.54) is 11.3 Å². The molecule has 0 atom stereocenters. The van der Waals surface area contributed by atoms with Gasteiger partial charge in [0.05, 0.1) is 29.5 Å². The molecule has 30 heavy (non-hydrogen) atoms. The van der Waals surface area contributed by atoms with Crippen molar-refractivity contribution in [2.45, 2.75) is 6.54 Å². The van der Waals surface area contributed by atoms with Crippen LogP contribution in [0.4, 0.5) is 0 Å². The van der Waals surface area contributed by atoms with E-state index in [2.05, 4.69) is 4.99 Å². The van der Waals surface area contributed by atoms with E-state index in [0.717, 1.165) is 16.0 Å². The number of hydrogen-bond donors (Lipinski definition) is 0. The molecule has 6 nitrogen and oxygen atoms in total. The van der Waals surface area contributed by atoms with Crippen LogP contribution in [0.3, 0.4) is 0 Å². The summed E-state index contributed by atoms with van der Waals surface area (Å²) in [4.78, 5) is 17.4. The molecule has 3 aromatic rings. The lowest BCUT2D eigenvalue weighted by Crippen LogP contribution is -2.20. The number of nitrogens with zero attached hydrogens (tertiary/aromatic N) is 2. The molecule has 160 valence electrons. The molecule has 0 bridgehead atoms. The maximum absolute atomic E-state index is 12.5. The van der Waals surface area contributed by atoms with Gasteiger partial charge in [-0.2, -0.15) is 16.8 Å². The molecule has 1 amide bonds. The van der Waals surface area contributed by atoms with E-state index in [0.29, 0.717) is 38.6 Å². The molecule has 0 unspecified atom stereocenters. The number of aryl methyl sites for hydroxylation is 1. The van der Waals surface area contributed by atoms with Gasteiger partial charge in [0.15, 0.2) is 22.9 Å². The number of carbonyl (C=O) groups is 1. The highest BCUT2D eigenvalue weighted by atomic mass is 35.5. The Balaban J connectivity index is 1.93. The Labute approximate surface area is 192 Å². The molecule has 0 fully saturated rings. The maximum Gasteiger partial charge on any atom is 0.286 e. The fourth-order valence-electron chi connectivity index (χ4n) is 2.75. The molecule has 0 aliphatic carbocycles. The van der Waals surface area contributed by atoms with Crippen LogP contribution in [-0.4, -0.2) is 43.3 Å². The van der Waals surface area contributed by atoms with Gasteiger partial charge in [0.1, 0.15) is 5.75 Å². The molecule has 0 aliphatic heterocycles. The van der Waals surface area contributed by atoms with Crippen molar-refractivity contribution in [3.63, 3.8) is 0 Å². The second-order valence-electron chi connectivity index (χ2n) is 6.07. The molecule has 0 saturated carbocycles. The van der Waals surface area contributed by atoms with Crippen LogP contribution in [0.2, 0.25) is 10.0 Å². The van der Waals surface area contributed by atoms with E-state index in [4.69, 9.17) is 37.4 Å². The average Bonchev–Trinajstić information content (AvgIpc) is 3.06. The zero-order valence-electron chi connectivity index (χ0n) is 16.6. The average molecular weight is 487 g/mol. The largest absolute Gasteiger partial charge is 0.493 e. The van der Waals surface area contributed by atoms with Gasteiger partial charge in [-0.3, -0.25) is 4.79 Å². The monoisotopic (exact) mass is 486 g/mol. The van der Waals surface area contributed by atoms with Crippen molar-refractivity contribution in [1.29, 1.82) is 0 Å². The molecule has 1 aromatic heterocycles. The van der Waals surface area contributed by atoms with Crippen molar-refractivity contribution in [2.75, 3.05) is 32.8 Å². The minimum atomic E-state index is -0.413. The lowest BCUT2D eigenvalue weighted by Gasteiger charge is -2.09. The third kappa shape index (κ3) is 5.24. The highest BCUT2D eigenvalue weighted by molar-refractivity contribution is 7.98. The molecule has 0 N–H and O–H groups in total. The number of fused-ring (bicyclic) bond motifs is 1. The van der Waals surface area contributed by atoms with E-state index in [-0.39, 0.29) is 6.61 Å². The van der Waals surface area contributed by atoms with Gasteiger partial charge < -0.3 is 18.8 Å². The molecule has 1 heterocycles. The number of methoxy groups -OCH3 is 2. The maximum atomic E-state index is 12.5. The molecule has 0 radical (unpaired) electrons. The summed E-state index contributed by atoms with van der Waals surface area (Å²) in [5, 5.41) is 0.834. The van der Waals surface area contributed by atoms with Crippen molar-refractivity contribution >= 4 is 62.4 Å². The smallest absolute Gasteiger partial charge is 0.286 e. The number of halogens is 2. The standard InChI is InChI=1S/C20H20Cl2N2O4S2/c1-26-16-9-14-18(10-17(16)27-2)30-20(24(14)6-7-29-3)23-19(25)11-28-15-5-4-12(21)8-13(15)22/h4-5,8-10H,6-7,11H2,1-3H3. The summed E-state index contributed by atoms with van der Waals surface area (Å²) in [6.07, 6.45) is 2.03. The van der Waals surface area contributed by atoms with E-state index in [1.807, 2.05) is 23.0 Å². The van der Waals surface area contributed by atoms with Gasteiger partial charge in [0.2, 0.25) is 0 Å². The lowest BCUT2D eigenvalue weighted by atomic mass is 10.3. The van der Waals surface area contributed by atoms with Crippen LogP contribution in [-0.2, 0) is 11.3 Å². The predicted molar refractivity (Wildman–Crippen MR) is 124 cm³/mol. The quantitative estimate of drug-likeness (QED) is 0.453. The molecule has 3 rings (SSSR count). The topological polar surface area (TPSA) is 62.0 Å². The molecular weight excluding hydrogens is 467 g/mol. The SMILES string of the molecule is COc1cc2sc(=NC(=O)COc3ccc(Cl)cc3Cl)n(CCSC)c2cc1OC. The second kappa shape index (κ2) is 10.4. The minimum Gasteiger partial charge on any atom is -0.493 e. The number of aromatic nitrogens is 1. The Bertz CT molecular complexity index is 1130. The number of thiazole rings is 1. The number of benzene rings is 2. The van der Waals surface area contributed by atoms with E-state index in [1.54, 1.807) is 44.2 Å². The summed E-state index contributed by atoms with van der Waals surface area (Å²) < 4.78 is 19.3. The summed E-state index contributed by atoms with van der Waals surface area (Å²) in [7, 11) is 3.18. The minimum absolute atomic E-state index is 0.231. The zero-order chi connectivity index (χ0) is 21.7. The Morgan fingerprint density at radius 2 is 1.87 bits per heavy atom. The lowest BCUT2D eigenvalue weighted by molar-refractivity contribution is -0.120. The number of amides is 1. The van der Waals surface area contributed by atoms with Crippen LogP contribution in [0.15, 0.2) is 35.3 Å². The normalized spacial score (nSPS) is 11.7. The van der Waals surface area contributed by atoms with E-state index >= 15 is 0 Å². The molecule has 0 spiro atoms. The zero-order valence-corrected chi connectivity index (χ0v) is 19.8. The third-order valence-corrected chi connectivity index (χ3v) is 6.33. The van der Waals surface area contributed by atoms with Crippen LogP contribution < -0.4 is 19.0 Å². The molecule has 0 aliphatic rings. The van der Waals surface area contributed by atoms with Gasteiger partial charge in [-0.1, -0.05) is 34.5 Å². The number of ether oxygens (including phenoxy) is 3. The van der Waals surface area contributed by atoms with Crippen LogP contribution >= 0.6 is 46.3 Å². The first-order chi connectivity index (χ1) is 14.5. The van der Waals surface area contributed by atoms with E-state index < -0.39 is 5.91 Å². The van der Waals surface area contributed by atoms with Gasteiger partial charge in [-0.05, 0) is 24.5 Å². The van der Waals surface area contributed by atoms with Crippen LogP contribution in [0.25, 0.3) is 10.2 Å². The van der Waals surface area contributed by atoms with Gasteiger partial charge in [-0.25, -0.2) is 0 Å². The first-order valence-corrected chi connectivity index (χ1v) is 11.8. The number of thioether (sulfide) groups is 1. The highest BCUT2D eigenvalue weighted by Crippen LogP contribution is 2.33. The Kier molecular flexibility index (Phi) is 7.93. The molecular formula is C20H20Cl2N2O4S2. The fourth-order valence-corrected chi connectivity index (χ4v) is 4.66. The van der Waals surface area contributed by atoms with Gasteiger partial charge in [-0.15, -0.1) is 0 Å². The highest BCUT2D eigenvalue weighted by Gasteiger charge is 2.14. The summed E-state index contributed by atoms with van der Waals surface area (Å²) >= 11 is 15.1. The third-order valence-electron chi connectivity index (χ3n) is 4.17. The second-order valence-corrected chi connectivity index (χ2v) is 8.91. The van der Waals surface area contributed by atoms with Crippen molar-refractivity contribution in [2.24, 2.45) is 4.99 Å². The predicted octanol–water partition coefficient (Wildman–Crippen LogP) is 4.90. The summed E-state index contributed by atoms with van der Waals surface area (Å²) in [6, 6.07) is 8.62. The first-order valence-electron chi connectivity index (χ1n) is 8.86. The van der Waals surface area contributed by atoms with Crippen LogP contribution in [0.1, 0.15) is 0 Å². The number of carbonyl (C=O) groups excluding carboxylic acids is 1.